The zero-order valence-corrected chi connectivity index (χ0v) is 13.9. The second kappa shape index (κ2) is 6.53. The minimum atomic E-state index is -0.275. The van der Waals surface area contributed by atoms with Crippen LogP contribution in [0.4, 0.5) is 0 Å². The molecule has 0 aromatic heterocycles. The molecule has 21 heavy (non-hydrogen) atoms. The van der Waals surface area contributed by atoms with Gasteiger partial charge in [0, 0.05) is 31.0 Å². The van der Waals surface area contributed by atoms with Crippen LogP contribution < -0.4 is 5.32 Å². The van der Waals surface area contributed by atoms with Crippen LogP contribution in [0.1, 0.15) is 52.4 Å². The Labute approximate surface area is 129 Å². The number of likely N-dealkylation sites (N-methyl/N-ethyl adjacent to an activating group) is 1. The zero-order chi connectivity index (χ0) is 14.9. The van der Waals surface area contributed by atoms with Crippen molar-refractivity contribution in [2.24, 2.45) is 5.92 Å². The topological polar surface area (TPSA) is 33.7 Å². The Balaban J connectivity index is 1.70. The van der Waals surface area contributed by atoms with Gasteiger partial charge in [0.25, 0.3) is 0 Å². The van der Waals surface area contributed by atoms with E-state index < -0.39 is 0 Å². The number of nitrogens with zero attached hydrogens (tertiary/aromatic N) is 1. The molecule has 2 unspecified atom stereocenters. The molecule has 3 aliphatic rings. The van der Waals surface area contributed by atoms with Gasteiger partial charge in [0.05, 0.1) is 13.2 Å². The number of hydrogen-bond acceptors (Lipinski definition) is 4. The SMILES string of the molecule is CNC1CCC2(CC1N(CCC(C)C)C1CC1)OCCO2. The maximum absolute atomic E-state index is 6.00. The smallest absolute Gasteiger partial charge is 0.170 e. The predicted molar refractivity (Wildman–Crippen MR) is 84.3 cm³/mol. The summed E-state index contributed by atoms with van der Waals surface area (Å²) in [5.74, 6) is 0.499. The third-order valence-electron chi connectivity index (χ3n) is 5.41. The van der Waals surface area contributed by atoms with E-state index in [0.29, 0.717) is 12.1 Å². The average Bonchev–Trinajstić information content (AvgIpc) is 3.20. The van der Waals surface area contributed by atoms with Crippen LogP contribution in [-0.4, -0.2) is 55.6 Å². The van der Waals surface area contributed by atoms with Crippen LogP contribution in [0.3, 0.4) is 0 Å². The molecule has 122 valence electrons. The lowest BCUT2D eigenvalue weighted by Crippen LogP contribution is -2.58. The van der Waals surface area contributed by atoms with Crippen molar-refractivity contribution in [2.75, 3.05) is 26.8 Å². The second-order valence-corrected chi connectivity index (χ2v) is 7.46. The standard InChI is InChI=1S/C17H32N2O2/c1-13(2)7-9-19(14-4-5-14)16-12-17(20-10-11-21-17)8-6-15(16)18-3/h13-16,18H,4-12H2,1-3H3. The van der Waals surface area contributed by atoms with Crippen molar-refractivity contribution in [3.63, 3.8) is 0 Å². The molecule has 2 atom stereocenters. The molecular weight excluding hydrogens is 264 g/mol. The maximum Gasteiger partial charge on any atom is 0.170 e. The van der Waals surface area contributed by atoms with Crippen molar-refractivity contribution in [3.05, 3.63) is 0 Å². The molecule has 1 saturated heterocycles. The summed E-state index contributed by atoms with van der Waals surface area (Å²) in [4.78, 5) is 2.77. The highest BCUT2D eigenvalue weighted by Crippen LogP contribution is 2.41. The molecule has 2 saturated carbocycles. The van der Waals surface area contributed by atoms with Crippen molar-refractivity contribution < 1.29 is 9.47 Å². The molecule has 1 N–H and O–H groups in total. The highest BCUT2D eigenvalue weighted by Gasteiger charge is 2.48. The average molecular weight is 296 g/mol. The molecule has 0 bridgehead atoms. The molecule has 1 aliphatic heterocycles. The quantitative estimate of drug-likeness (QED) is 0.816. The number of ether oxygens (including phenoxy) is 2. The summed E-state index contributed by atoms with van der Waals surface area (Å²) < 4.78 is 12.0. The summed E-state index contributed by atoms with van der Waals surface area (Å²) in [6, 6.07) is 1.95. The first-order valence-corrected chi connectivity index (χ1v) is 8.84. The Morgan fingerprint density at radius 3 is 2.48 bits per heavy atom. The summed E-state index contributed by atoms with van der Waals surface area (Å²) in [5.41, 5.74) is 0. The summed E-state index contributed by atoms with van der Waals surface area (Å²) in [7, 11) is 2.11. The molecule has 4 nitrogen and oxygen atoms in total. The van der Waals surface area contributed by atoms with E-state index in [4.69, 9.17) is 9.47 Å². The molecule has 0 radical (unpaired) electrons. The lowest BCUT2D eigenvalue weighted by Gasteiger charge is -2.46. The maximum atomic E-state index is 6.00. The molecular formula is C17H32N2O2. The van der Waals surface area contributed by atoms with Gasteiger partial charge in [-0.05, 0) is 45.2 Å². The number of rotatable bonds is 6. The van der Waals surface area contributed by atoms with Crippen LogP contribution in [-0.2, 0) is 9.47 Å². The molecule has 1 heterocycles. The molecule has 0 amide bonds. The first-order chi connectivity index (χ1) is 10.1. The van der Waals surface area contributed by atoms with E-state index in [2.05, 4.69) is 31.1 Å². The second-order valence-electron chi connectivity index (χ2n) is 7.46. The molecule has 4 heteroatoms. The highest BCUT2D eigenvalue weighted by atomic mass is 16.7. The predicted octanol–water partition coefficient (Wildman–Crippen LogP) is 2.38. The van der Waals surface area contributed by atoms with Crippen molar-refractivity contribution >= 4 is 0 Å². The van der Waals surface area contributed by atoms with E-state index in [-0.39, 0.29) is 5.79 Å². The zero-order valence-electron chi connectivity index (χ0n) is 13.9. The van der Waals surface area contributed by atoms with Gasteiger partial charge in [-0.2, -0.15) is 0 Å². The fourth-order valence-electron chi connectivity index (χ4n) is 4.01. The fraction of sp³-hybridized carbons (Fsp3) is 1.00. The first kappa shape index (κ1) is 15.7. The normalized spacial score (nSPS) is 32.4. The molecule has 3 fully saturated rings. The number of hydrogen-bond donors (Lipinski definition) is 1. The van der Waals surface area contributed by atoms with Crippen molar-refractivity contribution in [3.8, 4) is 0 Å². The summed E-state index contributed by atoms with van der Waals surface area (Å²) in [6.07, 6.45) is 7.27. The van der Waals surface area contributed by atoms with Crippen molar-refractivity contribution in [1.82, 2.24) is 10.2 Å². The molecule has 0 aromatic rings. The molecule has 3 rings (SSSR count). The van der Waals surface area contributed by atoms with Crippen LogP contribution in [0.5, 0.6) is 0 Å². The lowest BCUT2D eigenvalue weighted by molar-refractivity contribution is -0.193. The van der Waals surface area contributed by atoms with Crippen LogP contribution >= 0.6 is 0 Å². The Kier molecular flexibility index (Phi) is 4.89. The lowest BCUT2D eigenvalue weighted by atomic mass is 9.84. The van der Waals surface area contributed by atoms with Crippen LogP contribution in [0, 0.1) is 5.92 Å². The van der Waals surface area contributed by atoms with Gasteiger partial charge in [0.1, 0.15) is 0 Å². The van der Waals surface area contributed by atoms with Gasteiger partial charge in [-0.3, -0.25) is 4.90 Å². The van der Waals surface area contributed by atoms with Gasteiger partial charge in [-0.25, -0.2) is 0 Å². The Bertz CT molecular complexity index is 338. The minimum Gasteiger partial charge on any atom is -0.347 e. The van der Waals surface area contributed by atoms with Gasteiger partial charge in [-0.1, -0.05) is 13.8 Å². The first-order valence-electron chi connectivity index (χ1n) is 8.84. The van der Waals surface area contributed by atoms with Crippen LogP contribution in [0.15, 0.2) is 0 Å². The van der Waals surface area contributed by atoms with Gasteiger partial charge < -0.3 is 14.8 Å². The highest BCUT2D eigenvalue weighted by molar-refractivity contribution is 5.00. The van der Waals surface area contributed by atoms with E-state index in [1.165, 1.54) is 25.8 Å². The van der Waals surface area contributed by atoms with Gasteiger partial charge in [0.15, 0.2) is 5.79 Å². The van der Waals surface area contributed by atoms with Gasteiger partial charge in [-0.15, -0.1) is 0 Å². The van der Waals surface area contributed by atoms with Crippen molar-refractivity contribution in [1.29, 1.82) is 0 Å². The van der Waals surface area contributed by atoms with Crippen LogP contribution in [0.25, 0.3) is 0 Å². The van der Waals surface area contributed by atoms with Crippen molar-refractivity contribution in [2.45, 2.75) is 76.3 Å². The van der Waals surface area contributed by atoms with Gasteiger partial charge >= 0.3 is 0 Å². The molecule has 2 aliphatic carbocycles. The number of nitrogens with one attached hydrogen (secondary N) is 1. The molecule has 1 spiro atoms. The fourth-order valence-corrected chi connectivity index (χ4v) is 4.01. The minimum absolute atomic E-state index is 0.275. The Morgan fingerprint density at radius 1 is 1.19 bits per heavy atom. The summed E-state index contributed by atoms with van der Waals surface area (Å²) in [6.45, 7) is 7.42. The van der Waals surface area contributed by atoms with E-state index in [9.17, 15) is 0 Å². The molecule has 0 aromatic carbocycles. The summed E-state index contributed by atoms with van der Waals surface area (Å²) in [5, 5.41) is 3.56. The monoisotopic (exact) mass is 296 g/mol. The van der Waals surface area contributed by atoms with E-state index in [1.807, 2.05) is 0 Å². The third-order valence-corrected chi connectivity index (χ3v) is 5.41. The van der Waals surface area contributed by atoms with Gasteiger partial charge in [0.2, 0.25) is 0 Å². The van der Waals surface area contributed by atoms with E-state index in [0.717, 1.165) is 44.4 Å². The largest absolute Gasteiger partial charge is 0.347 e. The van der Waals surface area contributed by atoms with E-state index >= 15 is 0 Å². The Hall–Kier alpha value is -0.160. The summed E-state index contributed by atoms with van der Waals surface area (Å²) >= 11 is 0. The van der Waals surface area contributed by atoms with E-state index in [1.54, 1.807) is 0 Å². The Morgan fingerprint density at radius 2 is 1.90 bits per heavy atom. The van der Waals surface area contributed by atoms with Crippen LogP contribution in [0.2, 0.25) is 0 Å². The third kappa shape index (κ3) is 3.61.